The summed E-state index contributed by atoms with van der Waals surface area (Å²) in [6.07, 6.45) is 9.07. The van der Waals surface area contributed by atoms with E-state index in [1.165, 1.54) is 31.2 Å². The Morgan fingerprint density at radius 1 is 0.969 bits per heavy atom. The molecule has 0 aliphatic carbocycles. The van der Waals surface area contributed by atoms with E-state index < -0.39 is 0 Å². The second-order valence-corrected chi connectivity index (χ2v) is 8.08. The third-order valence-corrected chi connectivity index (χ3v) is 5.26. The Bertz CT molecular complexity index is 1040. The quantitative estimate of drug-likeness (QED) is 0.372. The number of aryl methyl sites for hydroxylation is 1. The number of carbonyl (C=O) groups is 1. The smallest absolute Gasteiger partial charge is 0.250 e. The van der Waals surface area contributed by atoms with Crippen LogP contribution in [-0.2, 0) is 11.2 Å². The second-order valence-electron chi connectivity index (χ2n) is 8.08. The number of rotatable bonds is 11. The molecule has 3 aromatic rings. The first-order valence-electron chi connectivity index (χ1n) is 11.6. The van der Waals surface area contributed by atoms with E-state index in [2.05, 4.69) is 17.0 Å². The summed E-state index contributed by atoms with van der Waals surface area (Å²) >= 11 is 0. The van der Waals surface area contributed by atoms with Gasteiger partial charge in [0, 0.05) is 6.07 Å². The third-order valence-electron chi connectivity index (χ3n) is 5.26. The lowest BCUT2D eigenvalue weighted by atomic mass is 10.1. The number of unbranched alkanes of at least 4 members (excludes halogenated alkanes) is 5. The van der Waals surface area contributed by atoms with Crippen molar-refractivity contribution in [3.8, 4) is 11.6 Å². The summed E-state index contributed by atoms with van der Waals surface area (Å²) in [5.41, 5.74) is 3.03. The predicted molar refractivity (Wildman–Crippen MR) is 128 cm³/mol. The molecule has 0 radical (unpaired) electrons. The van der Waals surface area contributed by atoms with Crippen LogP contribution in [0.1, 0.15) is 56.6 Å². The number of amides is 1. The molecule has 32 heavy (non-hydrogen) atoms. The van der Waals surface area contributed by atoms with Crippen molar-refractivity contribution in [2.45, 2.75) is 58.8 Å². The minimum Gasteiger partial charge on any atom is -0.478 e. The van der Waals surface area contributed by atoms with Gasteiger partial charge < -0.3 is 4.74 Å². The lowest BCUT2D eigenvalue weighted by Gasteiger charge is -2.13. The largest absolute Gasteiger partial charge is 0.478 e. The third kappa shape index (κ3) is 7.49. The molecule has 0 N–H and O–H groups in total. The van der Waals surface area contributed by atoms with Crippen LogP contribution in [0.2, 0.25) is 0 Å². The molecule has 0 atom stereocenters. The molecule has 1 amide bonds. The maximum Gasteiger partial charge on any atom is 0.250 e. The zero-order valence-electron chi connectivity index (χ0n) is 19.2. The zero-order valence-corrected chi connectivity index (χ0v) is 19.2. The van der Waals surface area contributed by atoms with Crippen LogP contribution in [0.4, 0.5) is 0 Å². The Balaban J connectivity index is 1.72. The maximum absolute atomic E-state index is 12.5. The van der Waals surface area contributed by atoms with Gasteiger partial charge in [0.05, 0.1) is 30.3 Å². The summed E-state index contributed by atoms with van der Waals surface area (Å²) < 4.78 is 7.83. The van der Waals surface area contributed by atoms with Gasteiger partial charge in [0.2, 0.25) is 5.88 Å². The van der Waals surface area contributed by atoms with Gasteiger partial charge in [-0.25, -0.2) is 9.67 Å². The number of para-hydroxylation sites is 1. The Kier molecular flexibility index (Phi) is 9.23. The molecule has 168 valence electrons. The van der Waals surface area contributed by atoms with Crippen LogP contribution in [0, 0.1) is 6.92 Å². The summed E-state index contributed by atoms with van der Waals surface area (Å²) in [6.45, 7) is 4.86. The maximum atomic E-state index is 12.5. The second kappa shape index (κ2) is 12.6. The molecule has 0 aliphatic rings. The van der Waals surface area contributed by atoms with Gasteiger partial charge in [0.15, 0.2) is 0 Å². The predicted octanol–water partition coefficient (Wildman–Crippen LogP) is 5.59. The Morgan fingerprint density at radius 3 is 2.44 bits per heavy atom. The van der Waals surface area contributed by atoms with Crippen LogP contribution in [-0.4, -0.2) is 22.3 Å². The van der Waals surface area contributed by atoms with E-state index in [1.807, 2.05) is 61.5 Å². The minimum absolute atomic E-state index is 0.199. The van der Waals surface area contributed by atoms with Gasteiger partial charge in [-0.05, 0) is 31.0 Å². The molecule has 0 saturated heterocycles. The first-order valence-corrected chi connectivity index (χ1v) is 11.6. The number of nitrogens with zero attached hydrogens (tertiary/aromatic N) is 3. The van der Waals surface area contributed by atoms with E-state index in [0.717, 1.165) is 24.1 Å². The van der Waals surface area contributed by atoms with Gasteiger partial charge in [-0.1, -0.05) is 87.1 Å². The Morgan fingerprint density at radius 2 is 1.69 bits per heavy atom. The molecule has 1 heterocycles. The van der Waals surface area contributed by atoms with Gasteiger partial charge in [-0.3, -0.25) is 4.79 Å². The van der Waals surface area contributed by atoms with Crippen LogP contribution in [0.5, 0.6) is 5.88 Å². The molecule has 5 nitrogen and oxygen atoms in total. The van der Waals surface area contributed by atoms with Crippen LogP contribution in [0.25, 0.3) is 5.69 Å². The number of hydrogen-bond donors (Lipinski definition) is 0. The van der Waals surface area contributed by atoms with Crippen LogP contribution in [0.3, 0.4) is 0 Å². The van der Waals surface area contributed by atoms with Crippen molar-refractivity contribution in [3.63, 3.8) is 0 Å². The van der Waals surface area contributed by atoms with Crippen molar-refractivity contribution in [2.75, 3.05) is 6.61 Å². The molecular formula is C27H33N3O2. The van der Waals surface area contributed by atoms with Crippen LogP contribution < -0.4 is 10.1 Å². The van der Waals surface area contributed by atoms with Crippen molar-refractivity contribution in [2.24, 2.45) is 4.99 Å². The number of ether oxygens (including phenoxy) is 1. The highest BCUT2D eigenvalue weighted by molar-refractivity contribution is 5.79. The van der Waals surface area contributed by atoms with Crippen molar-refractivity contribution in [3.05, 3.63) is 83.3 Å². The number of aromatic nitrogens is 2. The SMILES string of the molecule is CCCCCCCCOc1c/c(=N/C(=O)Cc2ccc(C)cc2)cnn1-c1ccccc1. The average molecular weight is 432 g/mol. The summed E-state index contributed by atoms with van der Waals surface area (Å²) in [6, 6.07) is 19.6. The zero-order chi connectivity index (χ0) is 22.6. The standard InChI is InChI=1S/C27H33N3O2/c1-3-4-5-6-7-11-18-32-27-20-24(21-28-30(27)25-12-9-8-10-13-25)29-26(31)19-23-16-14-22(2)15-17-23/h8-10,12-17,20-21H,3-7,11,18-19H2,1-2H3/b29-24-. The van der Waals surface area contributed by atoms with Gasteiger partial charge in [-0.15, -0.1) is 0 Å². The van der Waals surface area contributed by atoms with E-state index in [1.54, 1.807) is 16.9 Å². The van der Waals surface area contributed by atoms with Gasteiger partial charge in [0.1, 0.15) is 0 Å². The van der Waals surface area contributed by atoms with Crippen LogP contribution >= 0.6 is 0 Å². The van der Waals surface area contributed by atoms with Gasteiger partial charge >= 0.3 is 0 Å². The number of carbonyl (C=O) groups excluding carboxylic acids is 1. The fourth-order valence-corrected chi connectivity index (χ4v) is 3.45. The summed E-state index contributed by atoms with van der Waals surface area (Å²) in [5.74, 6) is 0.393. The Hall–Kier alpha value is -3.21. The minimum atomic E-state index is -0.199. The van der Waals surface area contributed by atoms with Gasteiger partial charge in [-0.2, -0.15) is 5.10 Å². The summed E-state index contributed by atoms with van der Waals surface area (Å²) in [4.78, 5) is 16.7. The molecule has 3 rings (SSSR count). The highest BCUT2D eigenvalue weighted by atomic mass is 16.5. The number of hydrogen-bond acceptors (Lipinski definition) is 3. The van der Waals surface area contributed by atoms with E-state index in [-0.39, 0.29) is 12.3 Å². The lowest BCUT2D eigenvalue weighted by Crippen LogP contribution is -2.16. The van der Waals surface area contributed by atoms with E-state index >= 15 is 0 Å². The molecule has 0 unspecified atom stereocenters. The highest BCUT2D eigenvalue weighted by Crippen LogP contribution is 2.15. The summed E-state index contributed by atoms with van der Waals surface area (Å²) in [7, 11) is 0. The Labute approximate surface area is 190 Å². The topological polar surface area (TPSA) is 56.5 Å². The molecule has 0 saturated carbocycles. The lowest BCUT2D eigenvalue weighted by molar-refractivity contribution is -0.117. The first-order chi connectivity index (χ1) is 15.7. The molecule has 0 fully saturated rings. The molecule has 0 aliphatic heterocycles. The van der Waals surface area contributed by atoms with E-state index in [4.69, 9.17) is 4.74 Å². The average Bonchev–Trinajstić information content (AvgIpc) is 2.81. The fraction of sp³-hybridized carbons (Fsp3) is 0.370. The van der Waals surface area contributed by atoms with Crippen molar-refractivity contribution in [1.29, 1.82) is 0 Å². The molecular weight excluding hydrogens is 398 g/mol. The molecule has 5 heteroatoms. The molecule has 1 aromatic heterocycles. The molecule has 0 spiro atoms. The monoisotopic (exact) mass is 431 g/mol. The van der Waals surface area contributed by atoms with E-state index in [0.29, 0.717) is 17.8 Å². The van der Waals surface area contributed by atoms with E-state index in [9.17, 15) is 4.79 Å². The fourth-order valence-electron chi connectivity index (χ4n) is 3.45. The highest BCUT2D eigenvalue weighted by Gasteiger charge is 2.07. The van der Waals surface area contributed by atoms with Crippen molar-refractivity contribution >= 4 is 5.91 Å². The number of benzene rings is 2. The first kappa shape index (κ1) is 23.5. The summed E-state index contributed by atoms with van der Waals surface area (Å²) in [5, 5.41) is 5.01. The normalized spacial score (nSPS) is 11.5. The van der Waals surface area contributed by atoms with Crippen molar-refractivity contribution in [1.82, 2.24) is 9.78 Å². The van der Waals surface area contributed by atoms with Crippen molar-refractivity contribution < 1.29 is 9.53 Å². The van der Waals surface area contributed by atoms with Gasteiger partial charge in [0.25, 0.3) is 5.91 Å². The molecule has 0 bridgehead atoms. The van der Waals surface area contributed by atoms with Crippen LogP contribution in [0.15, 0.2) is 71.9 Å². The molecule has 2 aromatic carbocycles.